The van der Waals surface area contributed by atoms with Gasteiger partial charge in [0.25, 0.3) is 0 Å². The van der Waals surface area contributed by atoms with Gasteiger partial charge in [-0.15, -0.1) is 0 Å². The number of rotatable bonds is 2. The Balaban J connectivity index is 1.71. The third-order valence-electron chi connectivity index (χ3n) is 5.23. The summed E-state index contributed by atoms with van der Waals surface area (Å²) in [6.07, 6.45) is 8.49. The summed E-state index contributed by atoms with van der Waals surface area (Å²) in [6, 6.07) is 0. The van der Waals surface area contributed by atoms with Crippen LogP contribution < -0.4 is 0 Å². The first-order valence-corrected chi connectivity index (χ1v) is 6.19. The lowest BCUT2D eigenvalue weighted by Gasteiger charge is -2.48. The molecule has 0 aromatic carbocycles. The molecule has 2 heteroatoms. The van der Waals surface area contributed by atoms with Crippen LogP contribution in [0.25, 0.3) is 0 Å². The van der Waals surface area contributed by atoms with Gasteiger partial charge in [0.2, 0.25) is 0 Å². The molecule has 78 valence electrons. The van der Waals surface area contributed by atoms with Crippen LogP contribution in [0, 0.1) is 34.5 Å². The molecule has 0 spiro atoms. The molecule has 0 amide bonds. The molecule has 0 radical (unpaired) electrons. The van der Waals surface area contributed by atoms with Crippen molar-refractivity contribution in [1.82, 2.24) is 0 Å². The molecule has 5 atom stereocenters. The first-order valence-electron chi connectivity index (χ1n) is 6.19. The molecule has 0 aromatic rings. The highest BCUT2D eigenvalue weighted by atomic mass is 16.3. The Morgan fingerprint density at radius 3 is 2.29 bits per heavy atom. The Morgan fingerprint density at radius 2 is 1.57 bits per heavy atom. The van der Waals surface area contributed by atoms with Crippen molar-refractivity contribution in [2.24, 2.45) is 34.8 Å². The zero-order valence-corrected chi connectivity index (χ0v) is 8.69. The van der Waals surface area contributed by atoms with Crippen molar-refractivity contribution >= 4 is 0 Å². The highest BCUT2D eigenvalue weighted by Crippen LogP contribution is 2.57. The molecule has 2 nitrogen and oxygen atoms in total. The third kappa shape index (κ3) is 1.15. The molecule has 0 bridgehead atoms. The highest BCUT2D eigenvalue weighted by molar-refractivity contribution is 4.99. The minimum atomic E-state index is 0.596. The number of hydrogen-bond acceptors (Lipinski definition) is 2. The summed E-state index contributed by atoms with van der Waals surface area (Å²) in [4.78, 5) is 10.3. The lowest BCUT2D eigenvalue weighted by Crippen LogP contribution is -2.40. The molecule has 0 aliphatic heterocycles. The maximum Gasteiger partial charge on any atom is 0.0842 e. The Morgan fingerprint density at radius 1 is 0.857 bits per heavy atom. The highest BCUT2D eigenvalue weighted by Gasteiger charge is 2.49. The first kappa shape index (κ1) is 8.87. The zero-order valence-electron chi connectivity index (χ0n) is 8.69. The number of fused-ring (bicyclic) bond motifs is 3. The van der Waals surface area contributed by atoms with Crippen LogP contribution in [0.15, 0.2) is 5.18 Å². The van der Waals surface area contributed by atoms with Crippen LogP contribution in [-0.4, -0.2) is 6.54 Å². The fourth-order valence-electron chi connectivity index (χ4n) is 4.41. The van der Waals surface area contributed by atoms with Crippen LogP contribution in [0.5, 0.6) is 0 Å². The molecule has 14 heavy (non-hydrogen) atoms. The van der Waals surface area contributed by atoms with Gasteiger partial charge in [-0.05, 0) is 68.1 Å². The van der Waals surface area contributed by atoms with E-state index in [0.717, 1.165) is 23.7 Å². The average molecular weight is 193 g/mol. The molecule has 3 aliphatic carbocycles. The summed E-state index contributed by atoms with van der Waals surface area (Å²) in [5, 5.41) is 3.12. The van der Waals surface area contributed by atoms with Gasteiger partial charge in [0.15, 0.2) is 0 Å². The zero-order chi connectivity index (χ0) is 9.54. The molecular formula is C12H19NO. The molecule has 5 unspecified atom stereocenters. The second-order valence-corrected chi connectivity index (χ2v) is 5.56. The summed E-state index contributed by atoms with van der Waals surface area (Å²) < 4.78 is 0. The van der Waals surface area contributed by atoms with E-state index >= 15 is 0 Å². The molecule has 3 aliphatic rings. The predicted octanol–water partition coefficient (Wildman–Crippen LogP) is 3.22. The molecule has 3 saturated carbocycles. The number of hydrogen-bond donors (Lipinski definition) is 0. The van der Waals surface area contributed by atoms with Crippen LogP contribution >= 0.6 is 0 Å². The van der Waals surface area contributed by atoms with Crippen LogP contribution in [0.1, 0.15) is 38.5 Å². The van der Waals surface area contributed by atoms with Crippen molar-refractivity contribution in [3.8, 4) is 0 Å². The van der Waals surface area contributed by atoms with Gasteiger partial charge < -0.3 is 0 Å². The van der Waals surface area contributed by atoms with Gasteiger partial charge in [0.1, 0.15) is 0 Å². The van der Waals surface area contributed by atoms with Gasteiger partial charge in [-0.2, -0.15) is 4.91 Å². The van der Waals surface area contributed by atoms with Crippen molar-refractivity contribution in [2.75, 3.05) is 6.54 Å². The van der Waals surface area contributed by atoms with Crippen LogP contribution in [0.4, 0.5) is 0 Å². The van der Waals surface area contributed by atoms with E-state index in [9.17, 15) is 4.91 Å². The maximum absolute atomic E-state index is 10.3. The fourth-order valence-corrected chi connectivity index (χ4v) is 4.41. The SMILES string of the molecule is O=NCC1CCC2C3CCC3CCC12. The van der Waals surface area contributed by atoms with E-state index in [-0.39, 0.29) is 0 Å². The molecular weight excluding hydrogens is 174 g/mol. The monoisotopic (exact) mass is 193 g/mol. The Hall–Kier alpha value is -0.400. The van der Waals surface area contributed by atoms with Crippen molar-refractivity contribution in [1.29, 1.82) is 0 Å². The second-order valence-electron chi connectivity index (χ2n) is 5.56. The van der Waals surface area contributed by atoms with Crippen LogP contribution in [-0.2, 0) is 0 Å². The molecule has 0 N–H and O–H groups in total. The van der Waals surface area contributed by atoms with Crippen molar-refractivity contribution < 1.29 is 0 Å². The lowest BCUT2D eigenvalue weighted by molar-refractivity contribution is 0.0164. The molecule has 3 rings (SSSR count). The van der Waals surface area contributed by atoms with E-state index in [1.807, 2.05) is 0 Å². The molecule has 0 saturated heterocycles. The largest absolute Gasteiger partial charge is 0.151 e. The van der Waals surface area contributed by atoms with Crippen molar-refractivity contribution in [2.45, 2.75) is 38.5 Å². The van der Waals surface area contributed by atoms with Crippen LogP contribution in [0.2, 0.25) is 0 Å². The van der Waals surface area contributed by atoms with E-state index in [1.165, 1.54) is 38.5 Å². The molecule has 0 heterocycles. The quantitative estimate of drug-likeness (QED) is 0.619. The average Bonchev–Trinajstić information content (AvgIpc) is 2.49. The number of nitroso groups, excluding NO2 is 1. The van der Waals surface area contributed by atoms with E-state index in [2.05, 4.69) is 5.18 Å². The van der Waals surface area contributed by atoms with E-state index < -0.39 is 0 Å². The summed E-state index contributed by atoms with van der Waals surface area (Å²) in [6.45, 7) is 0.596. The third-order valence-corrected chi connectivity index (χ3v) is 5.23. The Labute approximate surface area is 85.4 Å². The minimum absolute atomic E-state index is 0.596. The summed E-state index contributed by atoms with van der Waals surface area (Å²) in [5.74, 6) is 4.62. The predicted molar refractivity (Wildman–Crippen MR) is 55.8 cm³/mol. The van der Waals surface area contributed by atoms with Crippen LogP contribution in [0.3, 0.4) is 0 Å². The van der Waals surface area contributed by atoms with Gasteiger partial charge in [-0.25, -0.2) is 0 Å². The summed E-state index contributed by atoms with van der Waals surface area (Å²) >= 11 is 0. The van der Waals surface area contributed by atoms with E-state index in [1.54, 1.807) is 0 Å². The second kappa shape index (κ2) is 3.32. The normalized spacial score (nSPS) is 50.4. The van der Waals surface area contributed by atoms with Gasteiger partial charge in [0.05, 0.1) is 6.54 Å². The van der Waals surface area contributed by atoms with Crippen molar-refractivity contribution in [3.63, 3.8) is 0 Å². The Bertz CT molecular complexity index is 240. The summed E-state index contributed by atoms with van der Waals surface area (Å²) in [5.41, 5.74) is 0. The topological polar surface area (TPSA) is 29.4 Å². The van der Waals surface area contributed by atoms with E-state index in [0.29, 0.717) is 12.5 Å². The summed E-state index contributed by atoms with van der Waals surface area (Å²) in [7, 11) is 0. The minimum Gasteiger partial charge on any atom is -0.151 e. The molecule has 3 fully saturated rings. The maximum atomic E-state index is 10.3. The Kier molecular flexibility index (Phi) is 2.10. The van der Waals surface area contributed by atoms with Gasteiger partial charge >= 0.3 is 0 Å². The van der Waals surface area contributed by atoms with E-state index in [4.69, 9.17) is 0 Å². The van der Waals surface area contributed by atoms with Crippen molar-refractivity contribution in [3.05, 3.63) is 4.91 Å². The smallest absolute Gasteiger partial charge is 0.0842 e. The van der Waals surface area contributed by atoms with Gasteiger partial charge in [-0.1, -0.05) is 5.18 Å². The fraction of sp³-hybridized carbons (Fsp3) is 1.00. The number of nitrogens with zero attached hydrogens (tertiary/aromatic N) is 1. The lowest BCUT2D eigenvalue weighted by atomic mass is 9.57. The van der Waals surface area contributed by atoms with Gasteiger partial charge in [0, 0.05) is 0 Å². The standard InChI is InChI=1S/C12H19NO/c14-13-7-9-3-6-12-10-4-1-8(10)2-5-11(9)12/h8-12H,1-7H2. The first-order chi connectivity index (χ1) is 6.90. The molecule has 0 aromatic heterocycles. The van der Waals surface area contributed by atoms with Gasteiger partial charge in [-0.3, -0.25) is 0 Å².